The van der Waals surface area contributed by atoms with Gasteiger partial charge in [-0.05, 0) is 117 Å². The molecule has 0 amide bonds. The molecule has 0 spiro atoms. The molecule has 2 aromatic heterocycles. The van der Waals surface area contributed by atoms with Crippen molar-refractivity contribution in [3.63, 3.8) is 0 Å². The summed E-state index contributed by atoms with van der Waals surface area (Å²) in [5.41, 5.74) is 6.86. The standard InChI is InChI=1S/C44H44N2O4/c1-43(2,3)49-41(47)45-30-8-12-39(45)28-26-35-18-14-33(15-19-35)22-24-37-10-7-11-38(32-37)25-23-34-16-20-36(21-17-34)27-29-40-13-9-31-46(40)42(48)50-44(4,5)6/h7-32H,1-6H3/b24-22+,25-23+,28-26+,29-27+. The Hall–Kier alpha value is -5.88. The second-order valence-electron chi connectivity index (χ2n) is 13.9. The van der Waals surface area contributed by atoms with Gasteiger partial charge >= 0.3 is 12.2 Å². The summed E-state index contributed by atoms with van der Waals surface area (Å²) in [6, 6.07) is 32.3. The second-order valence-corrected chi connectivity index (χ2v) is 13.9. The smallest absolute Gasteiger partial charge is 0.418 e. The Bertz CT molecular complexity index is 1890. The van der Waals surface area contributed by atoms with E-state index < -0.39 is 23.4 Å². The zero-order chi connectivity index (χ0) is 35.7. The van der Waals surface area contributed by atoms with E-state index in [0.29, 0.717) is 0 Å². The van der Waals surface area contributed by atoms with Crippen LogP contribution in [0.15, 0.2) is 109 Å². The molecule has 0 radical (unpaired) electrons. The number of nitrogens with zero attached hydrogens (tertiary/aromatic N) is 2. The van der Waals surface area contributed by atoms with Gasteiger partial charge in [0.2, 0.25) is 0 Å². The van der Waals surface area contributed by atoms with Crippen LogP contribution in [0.5, 0.6) is 0 Å². The van der Waals surface area contributed by atoms with E-state index in [1.54, 1.807) is 12.4 Å². The van der Waals surface area contributed by atoms with Gasteiger partial charge in [-0.1, -0.05) is 103 Å². The van der Waals surface area contributed by atoms with Gasteiger partial charge in [0.05, 0.1) is 11.4 Å². The van der Waals surface area contributed by atoms with E-state index in [4.69, 9.17) is 9.47 Å². The van der Waals surface area contributed by atoms with Crippen LogP contribution in [-0.2, 0) is 9.47 Å². The third kappa shape index (κ3) is 10.6. The molecule has 5 aromatic rings. The fourth-order valence-electron chi connectivity index (χ4n) is 4.97. The SMILES string of the molecule is CC(C)(C)OC(=O)n1cccc1/C=C/c1ccc(/C=C/c2cccc(/C=C/c3ccc(/C=C/c4cccn4C(=O)OC(C)(C)C)cc3)c2)cc1. The van der Waals surface area contributed by atoms with Crippen LogP contribution in [0, 0.1) is 0 Å². The maximum absolute atomic E-state index is 12.5. The molecule has 6 nitrogen and oxygen atoms in total. The lowest BCUT2D eigenvalue weighted by atomic mass is 10.1. The summed E-state index contributed by atoms with van der Waals surface area (Å²) in [5, 5.41) is 0. The molecule has 0 atom stereocenters. The number of aromatic nitrogens is 2. The van der Waals surface area contributed by atoms with Crippen molar-refractivity contribution >= 4 is 60.8 Å². The average Bonchev–Trinajstić information content (AvgIpc) is 3.74. The van der Waals surface area contributed by atoms with Gasteiger partial charge in [-0.25, -0.2) is 9.59 Å². The number of hydrogen-bond donors (Lipinski definition) is 0. The summed E-state index contributed by atoms with van der Waals surface area (Å²) in [5.74, 6) is 0. The number of hydrogen-bond acceptors (Lipinski definition) is 4. The number of carbonyl (C=O) groups excluding carboxylic acids is 2. The van der Waals surface area contributed by atoms with Crippen LogP contribution in [0.3, 0.4) is 0 Å². The molecule has 0 aliphatic rings. The highest BCUT2D eigenvalue weighted by Crippen LogP contribution is 2.18. The lowest BCUT2D eigenvalue weighted by Crippen LogP contribution is -2.27. The summed E-state index contributed by atoms with van der Waals surface area (Å²) in [6.45, 7) is 11.1. The van der Waals surface area contributed by atoms with Gasteiger partial charge in [-0.15, -0.1) is 0 Å². The molecule has 254 valence electrons. The van der Waals surface area contributed by atoms with Crippen molar-refractivity contribution in [2.45, 2.75) is 52.7 Å². The summed E-state index contributed by atoms with van der Waals surface area (Å²) in [7, 11) is 0. The summed E-state index contributed by atoms with van der Waals surface area (Å²) < 4.78 is 14.0. The van der Waals surface area contributed by atoms with E-state index in [1.807, 2.05) is 90.1 Å². The van der Waals surface area contributed by atoms with Crippen LogP contribution in [0.2, 0.25) is 0 Å². The van der Waals surface area contributed by atoms with E-state index in [2.05, 4.69) is 97.1 Å². The van der Waals surface area contributed by atoms with Crippen molar-refractivity contribution in [1.82, 2.24) is 9.13 Å². The minimum absolute atomic E-state index is 0.396. The molecule has 50 heavy (non-hydrogen) atoms. The molecule has 0 N–H and O–H groups in total. The van der Waals surface area contributed by atoms with Crippen LogP contribution < -0.4 is 0 Å². The first-order chi connectivity index (χ1) is 23.8. The lowest BCUT2D eigenvalue weighted by Gasteiger charge is -2.20. The number of rotatable bonds is 8. The highest BCUT2D eigenvalue weighted by Gasteiger charge is 2.19. The lowest BCUT2D eigenvalue weighted by molar-refractivity contribution is 0.0525. The Morgan fingerprint density at radius 1 is 0.440 bits per heavy atom. The molecule has 0 fully saturated rings. The molecular formula is C44H44N2O4. The molecule has 6 heteroatoms. The number of ether oxygens (including phenoxy) is 2. The van der Waals surface area contributed by atoms with Gasteiger partial charge in [-0.2, -0.15) is 0 Å². The molecule has 5 rings (SSSR count). The first kappa shape index (κ1) is 35.4. The van der Waals surface area contributed by atoms with Gasteiger partial charge in [-0.3, -0.25) is 9.13 Å². The highest BCUT2D eigenvalue weighted by molar-refractivity contribution is 5.80. The molecule has 0 bridgehead atoms. The Balaban J connectivity index is 1.16. The minimum Gasteiger partial charge on any atom is -0.443 e. The van der Waals surface area contributed by atoms with Crippen molar-refractivity contribution in [2.24, 2.45) is 0 Å². The zero-order valence-electron chi connectivity index (χ0n) is 29.5. The van der Waals surface area contributed by atoms with Crippen molar-refractivity contribution < 1.29 is 19.1 Å². The summed E-state index contributed by atoms with van der Waals surface area (Å²) >= 11 is 0. The van der Waals surface area contributed by atoms with Gasteiger partial charge in [0.1, 0.15) is 11.2 Å². The van der Waals surface area contributed by atoms with Crippen molar-refractivity contribution in [3.8, 4) is 0 Å². The monoisotopic (exact) mass is 664 g/mol. The largest absolute Gasteiger partial charge is 0.443 e. The van der Waals surface area contributed by atoms with E-state index in [0.717, 1.165) is 44.8 Å². The molecular weight excluding hydrogens is 620 g/mol. The van der Waals surface area contributed by atoms with Crippen molar-refractivity contribution in [3.05, 3.63) is 154 Å². The Morgan fingerprint density at radius 2 is 0.760 bits per heavy atom. The normalized spacial score (nSPS) is 12.4. The Kier molecular flexibility index (Phi) is 11.0. The molecule has 0 aliphatic heterocycles. The predicted molar refractivity (Wildman–Crippen MR) is 207 cm³/mol. The third-order valence-electron chi connectivity index (χ3n) is 7.35. The first-order valence-electron chi connectivity index (χ1n) is 16.7. The van der Waals surface area contributed by atoms with Crippen LogP contribution in [0.4, 0.5) is 9.59 Å². The van der Waals surface area contributed by atoms with E-state index in [1.165, 1.54) is 9.13 Å². The van der Waals surface area contributed by atoms with Crippen molar-refractivity contribution in [1.29, 1.82) is 0 Å². The van der Waals surface area contributed by atoms with Crippen LogP contribution in [-0.4, -0.2) is 32.5 Å². The van der Waals surface area contributed by atoms with E-state index >= 15 is 0 Å². The van der Waals surface area contributed by atoms with Gasteiger partial charge < -0.3 is 9.47 Å². The molecule has 0 saturated carbocycles. The van der Waals surface area contributed by atoms with Crippen molar-refractivity contribution in [2.75, 3.05) is 0 Å². The Labute approximate surface area is 295 Å². The molecule has 0 aliphatic carbocycles. The van der Waals surface area contributed by atoms with E-state index in [9.17, 15) is 9.59 Å². The molecule has 2 heterocycles. The van der Waals surface area contributed by atoms with Crippen LogP contribution >= 0.6 is 0 Å². The summed E-state index contributed by atoms with van der Waals surface area (Å²) in [4.78, 5) is 25.0. The van der Waals surface area contributed by atoms with E-state index in [-0.39, 0.29) is 0 Å². The first-order valence-corrected chi connectivity index (χ1v) is 16.7. The Morgan fingerprint density at radius 3 is 1.10 bits per heavy atom. The van der Waals surface area contributed by atoms with Crippen LogP contribution in [0.25, 0.3) is 48.6 Å². The van der Waals surface area contributed by atoms with Gasteiger partial charge in [0.15, 0.2) is 0 Å². The maximum Gasteiger partial charge on any atom is 0.418 e. The fraction of sp³-hybridized carbons (Fsp3) is 0.182. The fourth-order valence-corrected chi connectivity index (χ4v) is 4.97. The minimum atomic E-state index is -0.556. The number of carbonyl (C=O) groups is 2. The average molecular weight is 665 g/mol. The van der Waals surface area contributed by atoms with Gasteiger partial charge in [0, 0.05) is 12.4 Å². The topological polar surface area (TPSA) is 62.5 Å². The highest BCUT2D eigenvalue weighted by atomic mass is 16.6. The predicted octanol–water partition coefficient (Wildman–Crippen LogP) is 11.5. The second kappa shape index (κ2) is 15.6. The maximum atomic E-state index is 12.5. The summed E-state index contributed by atoms with van der Waals surface area (Å²) in [6.07, 6.45) is 18.8. The zero-order valence-corrected chi connectivity index (χ0v) is 29.5. The molecule has 0 saturated heterocycles. The van der Waals surface area contributed by atoms with Gasteiger partial charge in [0.25, 0.3) is 0 Å². The molecule has 3 aromatic carbocycles. The number of benzene rings is 3. The van der Waals surface area contributed by atoms with Crippen LogP contribution in [0.1, 0.15) is 86.3 Å². The third-order valence-corrected chi connectivity index (χ3v) is 7.35. The molecule has 0 unspecified atom stereocenters. The quantitative estimate of drug-likeness (QED) is 0.155.